The van der Waals surface area contributed by atoms with Gasteiger partial charge in [-0.05, 0) is 56.3 Å². The molecule has 2 aliphatic rings. The first-order valence-corrected chi connectivity index (χ1v) is 10.6. The van der Waals surface area contributed by atoms with Gasteiger partial charge in [-0.15, -0.1) is 0 Å². The summed E-state index contributed by atoms with van der Waals surface area (Å²) in [6.07, 6.45) is 4.79. The number of nitrogens with zero attached hydrogens (tertiary/aromatic N) is 2. The third-order valence-electron chi connectivity index (χ3n) is 5.97. The zero-order chi connectivity index (χ0) is 20.9. The third-order valence-corrected chi connectivity index (χ3v) is 5.97. The smallest absolute Gasteiger partial charge is 0.249 e. The van der Waals surface area contributed by atoms with E-state index in [9.17, 15) is 13.6 Å². The number of carbonyl (C=O) groups is 1. The van der Waals surface area contributed by atoms with E-state index < -0.39 is 17.7 Å². The van der Waals surface area contributed by atoms with Crippen molar-refractivity contribution in [3.8, 4) is 0 Å². The molecule has 0 saturated carbocycles. The average Bonchev–Trinajstić information content (AvgIpc) is 3.31. The summed E-state index contributed by atoms with van der Waals surface area (Å²) in [5.41, 5.74) is 1.17. The fourth-order valence-corrected chi connectivity index (χ4v) is 4.44. The summed E-state index contributed by atoms with van der Waals surface area (Å²) >= 11 is 0. The fraction of sp³-hybridized carbons (Fsp3) is 0.478. The number of hydrogen-bond donors (Lipinski definition) is 1. The van der Waals surface area contributed by atoms with Crippen molar-refractivity contribution in [3.63, 3.8) is 0 Å². The molecule has 2 aromatic rings. The van der Waals surface area contributed by atoms with Crippen LogP contribution in [0.15, 0.2) is 42.6 Å². The summed E-state index contributed by atoms with van der Waals surface area (Å²) in [6.45, 7) is 2.43. The molecule has 3 atom stereocenters. The number of likely N-dealkylation sites (tertiary alicyclic amines) is 1. The number of aromatic nitrogens is 1. The maximum atomic E-state index is 14.1. The van der Waals surface area contributed by atoms with Gasteiger partial charge in [-0.3, -0.25) is 14.7 Å². The highest BCUT2D eigenvalue weighted by molar-refractivity contribution is 5.81. The monoisotopic (exact) mass is 415 g/mol. The van der Waals surface area contributed by atoms with E-state index in [0.717, 1.165) is 44.0 Å². The minimum absolute atomic E-state index is 0.101. The lowest BCUT2D eigenvalue weighted by Crippen LogP contribution is -2.45. The molecule has 3 heterocycles. The summed E-state index contributed by atoms with van der Waals surface area (Å²) in [6, 6.07) is 9.73. The molecule has 1 amide bonds. The number of carbonyl (C=O) groups excluding carboxylic acids is 1. The Kier molecular flexibility index (Phi) is 6.69. The Morgan fingerprint density at radius 3 is 2.87 bits per heavy atom. The van der Waals surface area contributed by atoms with E-state index in [1.807, 2.05) is 18.2 Å². The molecule has 2 saturated heterocycles. The summed E-state index contributed by atoms with van der Waals surface area (Å²) < 4.78 is 33.3. The molecule has 2 fully saturated rings. The lowest BCUT2D eigenvalue weighted by atomic mass is 9.88. The standard InChI is InChI=1S/C23H27F2N3O2/c24-18-8-3-6-16(21(18)25)14-28-12-4-7-17(15-28)22(19-9-1-2-11-26-19)27-23(29)20-10-5-13-30-20/h1-3,6,8-9,11,17,20,22H,4-5,7,10,12-15H2,(H,27,29)/t17-,20+,22+/m1/s1. The average molecular weight is 415 g/mol. The quantitative estimate of drug-likeness (QED) is 0.783. The maximum absolute atomic E-state index is 14.1. The first-order valence-electron chi connectivity index (χ1n) is 10.6. The van der Waals surface area contributed by atoms with Crippen LogP contribution in [0.4, 0.5) is 8.78 Å². The molecule has 0 unspecified atom stereocenters. The molecule has 4 rings (SSSR count). The molecule has 5 nitrogen and oxygen atoms in total. The third kappa shape index (κ3) is 4.84. The highest BCUT2D eigenvalue weighted by Crippen LogP contribution is 2.30. The van der Waals surface area contributed by atoms with Crippen molar-refractivity contribution in [2.75, 3.05) is 19.7 Å². The van der Waals surface area contributed by atoms with Crippen molar-refractivity contribution in [3.05, 3.63) is 65.5 Å². The van der Waals surface area contributed by atoms with Gasteiger partial charge in [0.15, 0.2) is 11.6 Å². The number of piperidine rings is 1. The highest BCUT2D eigenvalue weighted by Gasteiger charge is 2.33. The zero-order valence-electron chi connectivity index (χ0n) is 16.9. The van der Waals surface area contributed by atoms with Crippen LogP contribution in [-0.4, -0.2) is 41.6 Å². The van der Waals surface area contributed by atoms with E-state index in [4.69, 9.17) is 4.74 Å². The van der Waals surface area contributed by atoms with Crippen LogP contribution >= 0.6 is 0 Å². The molecule has 2 aliphatic heterocycles. The predicted molar refractivity (Wildman–Crippen MR) is 108 cm³/mol. The molecule has 1 aromatic heterocycles. The Labute approximate surface area is 175 Å². The lowest BCUT2D eigenvalue weighted by molar-refractivity contribution is -0.131. The largest absolute Gasteiger partial charge is 0.368 e. The van der Waals surface area contributed by atoms with E-state index in [2.05, 4.69) is 15.2 Å². The first-order chi connectivity index (χ1) is 14.6. The number of amides is 1. The normalized spacial score (nSPS) is 23.3. The molecule has 1 N–H and O–H groups in total. The Morgan fingerprint density at radius 2 is 2.10 bits per heavy atom. The Morgan fingerprint density at radius 1 is 1.20 bits per heavy atom. The van der Waals surface area contributed by atoms with Gasteiger partial charge in [-0.25, -0.2) is 8.78 Å². The Balaban J connectivity index is 1.49. The molecule has 0 aliphatic carbocycles. The van der Waals surface area contributed by atoms with E-state index in [-0.39, 0.29) is 17.9 Å². The topological polar surface area (TPSA) is 54.5 Å². The second-order valence-corrected chi connectivity index (χ2v) is 8.09. The second-order valence-electron chi connectivity index (χ2n) is 8.09. The fourth-order valence-electron chi connectivity index (χ4n) is 4.44. The molecule has 0 spiro atoms. The van der Waals surface area contributed by atoms with Gasteiger partial charge in [0.05, 0.1) is 11.7 Å². The number of ether oxygens (including phenoxy) is 1. The van der Waals surface area contributed by atoms with Gasteiger partial charge in [0.2, 0.25) is 5.91 Å². The molecule has 0 radical (unpaired) electrons. The number of benzene rings is 1. The Bertz CT molecular complexity index is 859. The van der Waals surface area contributed by atoms with Crippen molar-refractivity contribution in [1.82, 2.24) is 15.2 Å². The van der Waals surface area contributed by atoms with Crippen LogP contribution < -0.4 is 5.32 Å². The van der Waals surface area contributed by atoms with Gasteiger partial charge in [0.25, 0.3) is 0 Å². The number of nitrogens with one attached hydrogen (secondary N) is 1. The first kappa shape index (κ1) is 20.9. The van der Waals surface area contributed by atoms with E-state index in [0.29, 0.717) is 25.3 Å². The van der Waals surface area contributed by atoms with Crippen LogP contribution in [0.3, 0.4) is 0 Å². The number of pyridine rings is 1. The SMILES string of the molecule is O=C(N[C@H](c1ccccn1)[C@@H]1CCCN(Cc2cccc(F)c2F)C1)[C@@H]1CCCO1. The van der Waals surface area contributed by atoms with Crippen molar-refractivity contribution in [2.24, 2.45) is 5.92 Å². The van der Waals surface area contributed by atoms with E-state index in [1.165, 1.54) is 6.07 Å². The second kappa shape index (κ2) is 9.62. The molecule has 160 valence electrons. The number of hydrogen-bond acceptors (Lipinski definition) is 4. The van der Waals surface area contributed by atoms with Gasteiger partial charge in [0.1, 0.15) is 6.10 Å². The van der Waals surface area contributed by atoms with Crippen molar-refractivity contribution in [1.29, 1.82) is 0 Å². The van der Waals surface area contributed by atoms with Gasteiger partial charge in [-0.2, -0.15) is 0 Å². The molecule has 30 heavy (non-hydrogen) atoms. The molecule has 1 aromatic carbocycles. The van der Waals surface area contributed by atoms with Gasteiger partial charge in [-0.1, -0.05) is 18.2 Å². The van der Waals surface area contributed by atoms with Gasteiger partial charge in [0, 0.05) is 31.5 Å². The zero-order valence-corrected chi connectivity index (χ0v) is 16.9. The van der Waals surface area contributed by atoms with Crippen molar-refractivity contribution >= 4 is 5.91 Å². The highest BCUT2D eigenvalue weighted by atomic mass is 19.2. The van der Waals surface area contributed by atoms with Crippen LogP contribution in [0, 0.1) is 17.6 Å². The molecule has 7 heteroatoms. The van der Waals surface area contributed by atoms with Gasteiger partial charge < -0.3 is 10.1 Å². The van der Waals surface area contributed by atoms with Crippen LogP contribution in [0.5, 0.6) is 0 Å². The van der Waals surface area contributed by atoms with Crippen molar-refractivity contribution in [2.45, 2.75) is 44.4 Å². The maximum Gasteiger partial charge on any atom is 0.249 e. The van der Waals surface area contributed by atoms with E-state index in [1.54, 1.807) is 12.3 Å². The molecular formula is C23H27F2N3O2. The number of halogens is 2. The Hall–Kier alpha value is -2.38. The molecule has 0 bridgehead atoms. The van der Waals surface area contributed by atoms with Crippen LogP contribution in [-0.2, 0) is 16.1 Å². The molecular weight excluding hydrogens is 388 g/mol. The van der Waals surface area contributed by atoms with Crippen LogP contribution in [0.2, 0.25) is 0 Å². The summed E-state index contributed by atoms with van der Waals surface area (Å²) in [5.74, 6) is -1.59. The predicted octanol–water partition coefficient (Wildman–Crippen LogP) is 3.61. The van der Waals surface area contributed by atoms with Crippen LogP contribution in [0.25, 0.3) is 0 Å². The minimum Gasteiger partial charge on any atom is -0.368 e. The van der Waals surface area contributed by atoms with Crippen molar-refractivity contribution < 1.29 is 18.3 Å². The van der Waals surface area contributed by atoms with Crippen LogP contribution in [0.1, 0.15) is 43.0 Å². The van der Waals surface area contributed by atoms with E-state index >= 15 is 0 Å². The summed E-state index contributed by atoms with van der Waals surface area (Å²) in [7, 11) is 0. The summed E-state index contributed by atoms with van der Waals surface area (Å²) in [4.78, 5) is 19.4. The van der Waals surface area contributed by atoms with Gasteiger partial charge >= 0.3 is 0 Å². The minimum atomic E-state index is -0.823. The lowest BCUT2D eigenvalue weighted by Gasteiger charge is -2.37. The summed E-state index contributed by atoms with van der Waals surface area (Å²) in [5, 5.41) is 3.16. The number of rotatable bonds is 6.